The second-order valence-corrected chi connectivity index (χ2v) is 9.67. The molecule has 4 aliphatic rings. The zero-order valence-electron chi connectivity index (χ0n) is 14.8. The molecule has 136 valence electrons. The average molecular weight is 336 g/mol. The van der Waals surface area contributed by atoms with Crippen molar-refractivity contribution in [1.82, 2.24) is 0 Å². The molecule has 4 fully saturated rings. The fraction of sp³-hybridized carbons (Fsp3) is 0.950. The van der Waals surface area contributed by atoms with Crippen LogP contribution < -0.4 is 0 Å². The molecule has 0 unspecified atom stereocenters. The van der Waals surface area contributed by atoms with E-state index in [1.807, 2.05) is 0 Å². The van der Waals surface area contributed by atoms with E-state index < -0.39 is 11.4 Å². The molecule has 4 rings (SSSR count). The quantitative estimate of drug-likeness (QED) is 0.740. The summed E-state index contributed by atoms with van der Waals surface area (Å²) >= 11 is 0. The van der Waals surface area contributed by atoms with Gasteiger partial charge >= 0.3 is 5.97 Å². The van der Waals surface area contributed by atoms with Crippen molar-refractivity contribution in [2.24, 2.45) is 39.9 Å². The molecule has 2 bridgehead atoms. The molecule has 0 aromatic rings. The molecule has 0 amide bonds. The van der Waals surface area contributed by atoms with Crippen molar-refractivity contribution in [3.8, 4) is 0 Å². The molecule has 0 saturated heterocycles. The van der Waals surface area contributed by atoms with Gasteiger partial charge in [0.05, 0.1) is 12.0 Å². The van der Waals surface area contributed by atoms with Crippen molar-refractivity contribution in [3.63, 3.8) is 0 Å². The van der Waals surface area contributed by atoms with Crippen LogP contribution in [0.2, 0.25) is 0 Å². The molecule has 0 heterocycles. The van der Waals surface area contributed by atoms with E-state index in [2.05, 4.69) is 6.92 Å². The number of carbonyl (C=O) groups is 1. The highest BCUT2D eigenvalue weighted by molar-refractivity contribution is 5.75. The summed E-state index contributed by atoms with van der Waals surface area (Å²) in [6.07, 6.45) is 9.44. The van der Waals surface area contributed by atoms with Gasteiger partial charge < -0.3 is 15.3 Å². The topological polar surface area (TPSA) is 77.8 Å². The molecule has 1 spiro atoms. The number of aliphatic hydroxyl groups excluding tert-OH is 2. The third kappa shape index (κ3) is 1.96. The van der Waals surface area contributed by atoms with Gasteiger partial charge in [-0.1, -0.05) is 13.3 Å². The largest absolute Gasteiger partial charge is 0.481 e. The molecule has 24 heavy (non-hydrogen) atoms. The Hall–Kier alpha value is -0.610. The molecular formula is C20H32O4. The highest BCUT2D eigenvalue weighted by Gasteiger charge is 2.66. The fourth-order valence-corrected chi connectivity index (χ4v) is 8.12. The molecule has 4 saturated carbocycles. The Balaban J connectivity index is 1.72. The Labute approximate surface area is 144 Å². The maximum absolute atomic E-state index is 12.1. The molecular weight excluding hydrogens is 304 g/mol. The number of aliphatic carboxylic acids is 1. The first kappa shape index (κ1) is 16.8. The van der Waals surface area contributed by atoms with Crippen molar-refractivity contribution >= 4 is 5.97 Å². The summed E-state index contributed by atoms with van der Waals surface area (Å²) in [6, 6.07) is 0. The Kier molecular flexibility index (Phi) is 3.82. The second kappa shape index (κ2) is 5.44. The summed E-state index contributed by atoms with van der Waals surface area (Å²) in [5.74, 6) is 1.02. The first-order chi connectivity index (χ1) is 11.4. The third-order valence-corrected chi connectivity index (χ3v) is 9.04. The number of rotatable bonds is 3. The summed E-state index contributed by atoms with van der Waals surface area (Å²) in [4.78, 5) is 12.1. The summed E-state index contributed by atoms with van der Waals surface area (Å²) < 4.78 is 0. The maximum atomic E-state index is 12.1. The van der Waals surface area contributed by atoms with E-state index in [1.54, 1.807) is 0 Å². The number of hydrogen-bond donors (Lipinski definition) is 3. The highest BCUT2D eigenvalue weighted by atomic mass is 16.4. The van der Waals surface area contributed by atoms with E-state index in [0.717, 1.165) is 32.1 Å². The predicted molar refractivity (Wildman–Crippen MR) is 90.3 cm³/mol. The predicted octanol–water partition coefficient (Wildman–Crippen LogP) is 3.06. The average Bonchev–Trinajstić information content (AvgIpc) is 2.83. The van der Waals surface area contributed by atoms with E-state index in [9.17, 15) is 20.1 Å². The van der Waals surface area contributed by atoms with E-state index in [0.29, 0.717) is 36.2 Å². The zero-order valence-corrected chi connectivity index (χ0v) is 14.8. The summed E-state index contributed by atoms with van der Waals surface area (Å²) in [5, 5.41) is 29.8. The van der Waals surface area contributed by atoms with Crippen LogP contribution in [0.15, 0.2) is 0 Å². The lowest BCUT2D eigenvalue weighted by Gasteiger charge is -2.63. The fourth-order valence-electron chi connectivity index (χ4n) is 8.12. The van der Waals surface area contributed by atoms with Gasteiger partial charge in [0.25, 0.3) is 0 Å². The number of fused-ring (bicyclic) bond motifs is 3. The lowest BCUT2D eigenvalue weighted by molar-refractivity contribution is -0.191. The minimum atomic E-state index is -0.930. The van der Waals surface area contributed by atoms with Crippen LogP contribution in [0, 0.1) is 39.9 Å². The van der Waals surface area contributed by atoms with Gasteiger partial charge in [-0.2, -0.15) is 0 Å². The van der Waals surface area contributed by atoms with Gasteiger partial charge in [-0.25, -0.2) is 0 Å². The third-order valence-electron chi connectivity index (χ3n) is 9.04. The normalized spacial score (nSPS) is 53.3. The monoisotopic (exact) mass is 336 g/mol. The summed E-state index contributed by atoms with van der Waals surface area (Å²) in [5.41, 5.74) is -0.564. The lowest BCUT2D eigenvalue weighted by Crippen LogP contribution is -2.60. The molecule has 4 nitrogen and oxygen atoms in total. The van der Waals surface area contributed by atoms with Crippen LogP contribution in [0.4, 0.5) is 0 Å². The van der Waals surface area contributed by atoms with Crippen molar-refractivity contribution in [3.05, 3.63) is 0 Å². The molecule has 4 aliphatic carbocycles. The van der Waals surface area contributed by atoms with Gasteiger partial charge in [-0.3, -0.25) is 4.79 Å². The van der Waals surface area contributed by atoms with Crippen LogP contribution in [0.3, 0.4) is 0 Å². The Morgan fingerprint density at radius 1 is 1.04 bits per heavy atom. The van der Waals surface area contributed by atoms with Gasteiger partial charge in [-0.05, 0) is 85.9 Å². The van der Waals surface area contributed by atoms with Gasteiger partial charge in [0.15, 0.2) is 0 Å². The number of hydrogen-bond acceptors (Lipinski definition) is 3. The standard InChI is InChI=1S/C20H32O4/c1-18-6-2-7-20(12-22,17(23)24)16(18)5-8-19-9-13(3-4-15(18)19)14(10-19)11-21/h13-16,21-22H,2-12H2,1H3,(H,23,24)/t13-,14-,15+,16+,18+,19+,20+/m1/s1. The van der Waals surface area contributed by atoms with Gasteiger partial charge in [0, 0.05) is 6.61 Å². The molecule has 0 radical (unpaired) electrons. The van der Waals surface area contributed by atoms with Crippen LogP contribution in [-0.2, 0) is 4.79 Å². The molecule has 7 atom stereocenters. The summed E-state index contributed by atoms with van der Waals surface area (Å²) in [7, 11) is 0. The van der Waals surface area contributed by atoms with Gasteiger partial charge in [0.2, 0.25) is 0 Å². The minimum Gasteiger partial charge on any atom is -0.481 e. The highest BCUT2D eigenvalue weighted by Crippen LogP contribution is 2.72. The Morgan fingerprint density at radius 2 is 1.83 bits per heavy atom. The van der Waals surface area contributed by atoms with Crippen molar-refractivity contribution in [1.29, 1.82) is 0 Å². The van der Waals surface area contributed by atoms with E-state index in [1.165, 1.54) is 19.3 Å². The van der Waals surface area contributed by atoms with Crippen LogP contribution in [-0.4, -0.2) is 34.5 Å². The first-order valence-corrected chi connectivity index (χ1v) is 9.87. The van der Waals surface area contributed by atoms with Gasteiger partial charge in [0.1, 0.15) is 0 Å². The zero-order chi connectivity index (χ0) is 17.2. The molecule has 0 aromatic heterocycles. The van der Waals surface area contributed by atoms with Crippen molar-refractivity contribution in [2.75, 3.05) is 13.2 Å². The van der Waals surface area contributed by atoms with Crippen LogP contribution in [0.25, 0.3) is 0 Å². The number of aliphatic hydroxyl groups is 2. The SMILES string of the molecule is C[C@@]12CCC[C@@](CO)(C(=O)O)[C@H]1CC[C@@]13C[C@@H](CC[C@H]12)[C@@H](CO)C3. The van der Waals surface area contributed by atoms with E-state index in [4.69, 9.17) is 0 Å². The Morgan fingerprint density at radius 3 is 2.50 bits per heavy atom. The smallest absolute Gasteiger partial charge is 0.312 e. The molecule has 4 heteroatoms. The number of carboxylic acid groups (broad SMARTS) is 1. The first-order valence-electron chi connectivity index (χ1n) is 9.87. The minimum absolute atomic E-state index is 0.0347. The molecule has 3 N–H and O–H groups in total. The van der Waals surface area contributed by atoms with E-state index >= 15 is 0 Å². The Bertz CT molecular complexity index is 534. The van der Waals surface area contributed by atoms with Crippen LogP contribution in [0.5, 0.6) is 0 Å². The van der Waals surface area contributed by atoms with Crippen molar-refractivity contribution in [2.45, 2.75) is 64.7 Å². The maximum Gasteiger partial charge on any atom is 0.312 e. The lowest BCUT2D eigenvalue weighted by atomic mass is 9.41. The van der Waals surface area contributed by atoms with Crippen LogP contribution in [0.1, 0.15) is 64.7 Å². The second-order valence-electron chi connectivity index (χ2n) is 9.67. The van der Waals surface area contributed by atoms with Gasteiger partial charge in [-0.15, -0.1) is 0 Å². The van der Waals surface area contributed by atoms with Crippen molar-refractivity contribution < 1.29 is 20.1 Å². The molecule has 0 aliphatic heterocycles. The number of carboxylic acids is 1. The van der Waals surface area contributed by atoms with Crippen LogP contribution >= 0.6 is 0 Å². The summed E-state index contributed by atoms with van der Waals surface area (Å²) in [6.45, 7) is 2.43. The van der Waals surface area contributed by atoms with E-state index in [-0.39, 0.29) is 17.9 Å². The molecule has 0 aromatic carbocycles.